The fourth-order valence-corrected chi connectivity index (χ4v) is 2.08. The summed E-state index contributed by atoms with van der Waals surface area (Å²) in [6.07, 6.45) is 1.45. The number of nitriles is 2. The molecule has 1 heterocycles. The number of phenolic OH excluding ortho intramolecular Hbond substituents is 1. The zero-order valence-corrected chi connectivity index (χ0v) is 13.0. The molecule has 112 valence electrons. The number of aromatic hydroxyl groups is 1. The summed E-state index contributed by atoms with van der Waals surface area (Å²) in [5.74, 6) is 0.0473. The largest absolute Gasteiger partial charge is 0.508 e. The van der Waals surface area contributed by atoms with Gasteiger partial charge in [-0.15, -0.1) is 0 Å². The third-order valence-corrected chi connectivity index (χ3v) is 4.11. The zero-order valence-electron chi connectivity index (χ0n) is 13.0. The van der Waals surface area contributed by atoms with E-state index < -0.39 is 18.3 Å². The van der Waals surface area contributed by atoms with Crippen LogP contribution in [0.3, 0.4) is 0 Å². The highest BCUT2D eigenvalue weighted by molar-refractivity contribution is 6.63. The smallest absolute Gasteiger partial charge is 0.498 e. The first-order valence-electron chi connectivity index (χ1n) is 6.90. The summed E-state index contributed by atoms with van der Waals surface area (Å²) in [4.78, 5) is 0. The normalized spacial score (nSPS) is 18.4. The minimum atomic E-state index is -0.703. The van der Waals surface area contributed by atoms with Gasteiger partial charge in [0.05, 0.1) is 11.2 Å². The van der Waals surface area contributed by atoms with Crippen molar-refractivity contribution in [1.29, 1.82) is 10.5 Å². The number of allylic oxidation sites excluding steroid dienone is 1. The van der Waals surface area contributed by atoms with Gasteiger partial charge in [0, 0.05) is 5.46 Å². The molecule has 0 amide bonds. The zero-order chi connectivity index (χ0) is 16.5. The Bertz CT molecular complexity index is 679. The van der Waals surface area contributed by atoms with Gasteiger partial charge in [0.1, 0.15) is 23.5 Å². The minimum absolute atomic E-state index is 0.00874. The summed E-state index contributed by atoms with van der Waals surface area (Å²) < 4.78 is 11.8. The van der Waals surface area contributed by atoms with Crippen LogP contribution in [0.2, 0.25) is 0 Å². The first-order valence-corrected chi connectivity index (χ1v) is 6.90. The SMILES string of the molecule is CC1(C)OB(c2cc(C=C(C#N)C#N)ccc2O)OC1(C)C. The lowest BCUT2D eigenvalue weighted by Crippen LogP contribution is -2.41. The Kier molecular flexibility index (Phi) is 4.02. The predicted molar refractivity (Wildman–Crippen MR) is 83.0 cm³/mol. The van der Waals surface area contributed by atoms with Crippen LogP contribution in [0.5, 0.6) is 5.75 Å². The molecule has 2 rings (SSSR count). The molecule has 0 atom stereocenters. The molecule has 1 N–H and O–H groups in total. The fourth-order valence-electron chi connectivity index (χ4n) is 2.08. The third-order valence-electron chi connectivity index (χ3n) is 4.11. The summed E-state index contributed by atoms with van der Waals surface area (Å²) >= 11 is 0. The van der Waals surface area contributed by atoms with Crippen molar-refractivity contribution in [3.05, 3.63) is 29.3 Å². The van der Waals surface area contributed by atoms with Gasteiger partial charge in [0.25, 0.3) is 0 Å². The van der Waals surface area contributed by atoms with E-state index in [0.717, 1.165) is 0 Å². The van der Waals surface area contributed by atoms with Crippen LogP contribution < -0.4 is 5.46 Å². The van der Waals surface area contributed by atoms with Crippen LogP contribution in [0.25, 0.3) is 6.08 Å². The van der Waals surface area contributed by atoms with Gasteiger partial charge >= 0.3 is 7.12 Å². The Balaban J connectivity index is 2.40. The van der Waals surface area contributed by atoms with Gasteiger partial charge in [-0.3, -0.25) is 0 Å². The minimum Gasteiger partial charge on any atom is -0.508 e. The first kappa shape index (κ1) is 16.1. The van der Waals surface area contributed by atoms with E-state index in [1.165, 1.54) is 12.1 Å². The molecule has 1 fully saturated rings. The van der Waals surface area contributed by atoms with Crippen molar-refractivity contribution in [2.24, 2.45) is 0 Å². The van der Waals surface area contributed by atoms with Crippen LogP contribution >= 0.6 is 0 Å². The lowest BCUT2D eigenvalue weighted by molar-refractivity contribution is 0.00578. The number of phenols is 1. The second kappa shape index (κ2) is 5.49. The van der Waals surface area contributed by atoms with Crippen molar-refractivity contribution in [3.63, 3.8) is 0 Å². The highest BCUT2D eigenvalue weighted by atomic mass is 16.7. The quantitative estimate of drug-likeness (QED) is 0.667. The maximum atomic E-state index is 10.1. The molecule has 1 aliphatic rings. The Hall–Kier alpha value is -2.28. The van der Waals surface area contributed by atoms with Crippen molar-refractivity contribution in [2.75, 3.05) is 0 Å². The van der Waals surface area contributed by atoms with Gasteiger partial charge in [-0.25, -0.2) is 0 Å². The molecule has 6 heteroatoms. The van der Waals surface area contributed by atoms with E-state index in [1.54, 1.807) is 24.3 Å². The van der Waals surface area contributed by atoms with E-state index in [1.807, 2.05) is 27.7 Å². The molecule has 1 aliphatic heterocycles. The molecule has 1 aromatic rings. The number of benzene rings is 1. The third kappa shape index (κ3) is 2.85. The van der Waals surface area contributed by atoms with E-state index >= 15 is 0 Å². The summed E-state index contributed by atoms with van der Waals surface area (Å²) in [7, 11) is -0.703. The van der Waals surface area contributed by atoms with Crippen LogP contribution in [0.15, 0.2) is 23.8 Å². The van der Waals surface area contributed by atoms with Crippen molar-refractivity contribution in [1.82, 2.24) is 0 Å². The summed E-state index contributed by atoms with van der Waals surface area (Å²) in [5.41, 5.74) is 0.0645. The molecule has 0 radical (unpaired) electrons. The van der Waals surface area contributed by atoms with Gasteiger partial charge in [0.2, 0.25) is 0 Å². The molecule has 5 nitrogen and oxygen atoms in total. The molecule has 0 unspecified atom stereocenters. The Morgan fingerprint density at radius 3 is 2.18 bits per heavy atom. The number of hydrogen-bond acceptors (Lipinski definition) is 5. The number of nitrogens with zero attached hydrogens (tertiary/aromatic N) is 2. The van der Waals surface area contributed by atoms with Crippen LogP contribution in [-0.4, -0.2) is 23.4 Å². The molecule has 0 spiro atoms. The van der Waals surface area contributed by atoms with Gasteiger partial charge < -0.3 is 14.4 Å². The summed E-state index contributed by atoms with van der Waals surface area (Å²) in [6, 6.07) is 8.39. The monoisotopic (exact) mass is 296 g/mol. The highest BCUT2D eigenvalue weighted by Crippen LogP contribution is 2.37. The van der Waals surface area contributed by atoms with Crippen molar-refractivity contribution >= 4 is 18.7 Å². The average Bonchev–Trinajstić information content (AvgIpc) is 2.66. The topological polar surface area (TPSA) is 86.3 Å². The maximum Gasteiger partial charge on any atom is 0.498 e. The van der Waals surface area contributed by atoms with E-state index in [9.17, 15) is 5.11 Å². The van der Waals surface area contributed by atoms with Crippen LogP contribution in [0.1, 0.15) is 33.3 Å². The van der Waals surface area contributed by atoms with Crippen molar-refractivity contribution < 1.29 is 14.4 Å². The molecule has 22 heavy (non-hydrogen) atoms. The second-order valence-electron chi connectivity index (χ2n) is 6.19. The van der Waals surface area contributed by atoms with Crippen molar-refractivity contribution in [2.45, 2.75) is 38.9 Å². The molecule has 0 saturated carbocycles. The number of hydrogen-bond donors (Lipinski definition) is 1. The average molecular weight is 296 g/mol. The standard InChI is InChI=1S/C16H17BN2O3/c1-15(2)16(3,4)22-17(21-15)13-8-11(5-6-14(13)20)7-12(9-18)10-19/h5-8,20H,1-4H3. The summed E-state index contributed by atoms with van der Waals surface area (Å²) in [6.45, 7) is 7.71. The predicted octanol–water partition coefficient (Wildman–Crippen LogP) is 2.12. The van der Waals surface area contributed by atoms with Gasteiger partial charge in [-0.05, 0) is 45.4 Å². The van der Waals surface area contributed by atoms with Crippen LogP contribution in [0, 0.1) is 22.7 Å². The Labute approximate surface area is 130 Å². The molecule has 0 aliphatic carbocycles. The Morgan fingerprint density at radius 2 is 1.68 bits per heavy atom. The first-order chi connectivity index (χ1) is 10.2. The maximum absolute atomic E-state index is 10.1. The van der Waals surface area contributed by atoms with Crippen LogP contribution in [0.4, 0.5) is 0 Å². The highest BCUT2D eigenvalue weighted by Gasteiger charge is 2.52. The van der Waals surface area contributed by atoms with E-state index in [2.05, 4.69) is 0 Å². The van der Waals surface area contributed by atoms with E-state index in [0.29, 0.717) is 11.0 Å². The van der Waals surface area contributed by atoms with Crippen LogP contribution in [-0.2, 0) is 9.31 Å². The van der Waals surface area contributed by atoms with Gasteiger partial charge in [-0.1, -0.05) is 12.1 Å². The van der Waals surface area contributed by atoms with E-state index in [-0.39, 0.29) is 11.3 Å². The van der Waals surface area contributed by atoms with Gasteiger partial charge in [0.15, 0.2) is 0 Å². The molecule has 1 aromatic carbocycles. The fraction of sp³-hybridized carbons (Fsp3) is 0.375. The number of rotatable bonds is 2. The van der Waals surface area contributed by atoms with E-state index in [4.69, 9.17) is 19.8 Å². The molecular formula is C16H17BN2O3. The lowest BCUT2D eigenvalue weighted by atomic mass is 9.77. The van der Waals surface area contributed by atoms with Crippen molar-refractivity contribution in [3.8, 4) is 17.9 Å². The molecule has 0 aromatic heterocycles. The second-order valence-corrected chi connectivity index (χ2v) is 6.19. The van der Waals surface area contributed by atoms with Gasteiger partial charge in [-0.2, -0.15) is 10.5 Å². The molecule has 0 bridgehead atoms. The summed E-state index contributed by atoms with van der Waals surface area (Å²) in [5, 5.41) is 27.7. The molecular weight excluding hydrogens is 279 g/mol. The lowest BCUT2D eigenvalue weighted by Gasteiger charge is -2.32. The molecule has 1 saturated heterocycles. The Morgan fingerprint density at radius 1 is 1.14 bits per heavy atom.